The highest BCUT2D eigenvalue weighted by Crippen LogP contribution is 2.20. The minimum atomic E-state index is 0.133. The molecule has 0 spiro atoms. The Balaban J connectivity index is 2.53. The fourth-order valence-electron chi connectivity index (χ4n) is 1.65. The lowest BCUT2D eigenvalue weighted by Crippen LogP contribution is -2.32. The van der Waals surface area contributed by atoms with Gasteiger partial charge in [0.2, 0.25) is 0 Å². The Morgan fingerprint density at radius 1 is 1.50 bits per heavy atom. The van der Waals surface area contributed by atoms with Gasteiger partial charge >= 0.3 is 0 Å². The Morgan fingerprint density at radius 2 is 2.25 bits per heavy atom. The third-order valence-electron chi connectivity index (χ3n) is 2.64. The molecule has 0 radical (unpaired) electrons. The van der Waals surface area contributed by atoms with Gasteiger partial charge in [-0.05, 0) is 33.0 Å². The van der Waals surface area contributed by atoms with Gasteiger partial charge in [-0.3, -0.25) is 4.90 Å². The van der Waals surface area contributed by atoms with Crippen LogP contribution < -0.4 is 5.73 Å². The monoisotopic (exact) mass is 226 g/mol. The number of likely N-dealkylation sites (N-methyl/N-ethyl adjacent to an activating group) is 1. The molecule has 0 saturated carbocycles. The molecule has 0 saturated heterocycles. The third-order valence-corrected chi connectivity index (χ3v) is 2.64. The lowest BCUT2D eigenvalue weighted by molar-refractivity contribution is 0.103. The molecule has 0 aliphatic heterocycles. The minimum Gasteiger partial charge on any atom is -0.465 e. The maximum Gasteiger partial charge on any atom is 0.122 e. The van der Waals surface area contributed by atoms with Crippen LogP contribution >= 0.6 is 0 Å². The van der Waals surface area contributed by atoms with Crippen LogP contribution in [0.4, 0.5) is 0 Å². The van der Waals surface area contributed by atoms with Gasteiger partial charge in [-0.2, -0.15) is 0 Å². The van der Waals surface area contributed by atoms with E-state index < -0.39 is 0 Å². The Bertz CT molecular complexity index is 299. The van der Waals surface area contributed by atoms with Crippen molar-refractivity contribution in [2.75, 3.05) is 33.4 Å². The van der Waals surface area contributed by atoms with Gasteiger partial charge in [-0.15, -0.1) is 0 Å². The van der Waals surface area contributed by atoms with Crippen molar-refractivity contribution in [1.29, 1.82) is 0 Å². The third kappa shape index (κ3) is 3.63. The molecule has 0 aromatic carbocycles. The van der Waals surface area contributed by atoms with Crippen molar-refractivity contribution >= 4 is 0 Å². The lowest BCUT2D eigenvalue weighted by Gasteiger charge is -2.24. The van der Waals surface area contributed by atoms with Crippen LogP contribution in [0.2, 0.25) is 0 Å². The van der Waals surface area contributed by atoms with Crippen molar-refractivity contribution in [3.63, 3.8) is 0 Å². The van der Waals surface area contributed by atoms with E-state index in [0.717, 1.165) is 31.3 Å². The van der Waals surface area contributed by atoms with E-state index >= 15 is 0 Å². The van der Waals surface area contributed by atoms with Gasteiger partial charge in [0, 0.05) is 19.7 Å². The predicted molar refractivity (Wildman–Crippen MR) is 64.4 cm³/mol. The van der Waals surface area contributed by atoms with Gasteiger partial charge in [0.25, 0.3) is 0 Å². The van der Waals surface area contributed by atoms with E-state index in [0.29, 0.717) is 6.54 Å². The molecule has 0 fully saturated rings. The zero-order chi connectivity index (χ0) is 12.0. The summed E-state index contributed by atoms with van der Waals surface area (Å²) in [7, 11) is 2.04. The molecule has 0 aliphatic carbocycles. The van der Waals surface area contributed by atoms with Crippen molar-refractivity contribution in [2.24, 2.45) is 5.73 Å². The van der Waals surface area contributed by atoms with Gasteiger partial charge < -0.3 is 14.9 Å². The first-order valence-corrected chi connectivity index (χ1v) is 5.73. The maximum absolute atomic E-state index is 5.78. The molecular weight excluding hydrogens is 204 g/mol. The van der Waals surface area contributed by atoms with Crippen molar-refractivity contribution in [3.05, 3.63) is 23.7 Å². The highest BCUT2D eigenvalue weighted by atomic mass is 16.5. The molecule has 1 aromatic rings. The first-order valence-electron chi connectivity index (χ1n) is 5.73. The summed E-state index contributed by atoms with van der Waals surface area (Å²) < 4.78 is 10.9. The first-order chi connectivity index (χ1) is 7.69. The van der Waals surface area contributed by atoms with Crippen molar-refractivity contribution < 1.29 is 9.15 Å². The number of nitrogens with zero attached hydrogens (tertiary/aromatic N) is 1. The molecule has 16 heavy (non-hydrogen) atoms. The van der Waals surface area contributed by atoms with Crippen LogP contribution in [0.25, 0.3) is 0 Å². The number of aryl methyl sites for hydroxylation is 1. The number of furan rings is 1. The molecule has 4 nitrogen and oxygen atoms in total. The quantitative estimate of drug-likeness (QED) is 0.717. The fourth-order valence-corrected chi connectivity index (χ4v) is 1.65. The van der Waals surface area contributed by atoms with E-state index in [-0.39, 0.29) is 6.04 Å². The van der Waals surface area contributed by atoms with E-state index in [9.17, 15) is 0 Å². The molecule has 4 heteroatoms. The van der Waals surface area contributed by atoms with E-state index in [1.54, 1.807) is 0 Å². The Kier molecular flexibility index (Phi) is 5.52. The SMILES string of the molecule is CCOCCN(C)C(CN)c1ccc(C)o1. The molecule has 92 valence electrons. The van der Waals surface area contributed by atoms with Crippen molar-refractivity contribution in [2.45, 2.75) is 19.9 Å². The Hall–Kier alpha value is -0.840. The van der Waals surface area contributed by atoms with Crippen molar-refractivity contribution in [3.8, 4) is 0 Å². The molecule has 1 rings (SSSR count). The van der Waals surface area contributed by atoms with E-state index in [2.05, 4.69) is 4.90 Å². The van der Waals surface area contributed by atoms with Crippen molar-refractivity contribution in [1.82, 2.24) is 4.90 Å². The molecule has 0 amide bonds. The Labute approximate surface area is 97.4 Å². The number of ether oxygens (including phenoxy) is 1. The smallest absolute Gasteiger partial charge is 0.122 e. The zero-order valence-electron chi connectivity index (χ0n) is 10.4. The van der Waals surface area contributed by atoms with Gasteiger partial charge in [-0.25, -0.2) is 0 Å². The molecule has 1 heterocycles. The summed E-state index contributed by atoms with van der Waals surface area (Å²) in [6.45, 7) is 6.82. The maximum atomic E-state index is 5.78. The molecule has 0 bridgehead atoms. The van der Waals surface area contributed by atoms with Gasteiger partial charge in [0.1, 0.15) is 11.5 Å². The Morgan fingerprint density at radius 3 is 2.75 bits per heavy atom. The lowest BCUT2D eigenvalue weighted by atomic mass is 10.2. The highest BCUT2D eigenvalue weighted by Gasteiger charge is 2.18. The van der Waals surface area contributed by atoms with Crippen LogP contribution in [0, 0.1) is 6.92 Å². The number of nitrogens with two attached hydrogens (primary N) is 1. The van der Waals surface area contributed by atoms with Gasteiger partial charge in [0.05, 0.1) is 12.6 Å². The highest BCUT2D eigenvalue weighted by molar-refractivity contribution is 5.10. The van der Waals surface area contributed by atoms with E-state index in [1.807, 2.05) is 33.0 Å². The second-order valence-corrected chi connectivity index (χ2v) is 3.88. The molecule has 2 N–H and O–H groups in total. The van der Waals surface area contributed by atoms with Gasteiger partial charge in [-0.1, -0.05) is 0 Å². The number of rotatable bonds is 7. The summed E-state index contributed by atoms with van der Waals surface area (Å²) >= 11 is 0. The van der Waals surface area contributed by atoms with Crippen LogP contribution in [0.3, 0.4) is 0 Å². The van der Waals surface area contributed by atoms with Crippen LogP contribution in [-0.2, 0) is 4.74 Å². The average molecular weight is 226 g/mol. The van der Waals surface area contributed by atoms with Crippen LogP contribution in [0.5, 0.6) is 0 Å². The summed E-state index contributed by atoms with van der Waals surface area (Å²) in [6, 6.07) is 4.09. The summed E-state index contributed by atoms with van der Waals surface area (Å²) in [4.78, 5) is 2.16. The summed E-state index contributed by atoms with van der Waals surface area (Å²) in [5.41, 5.74) is 5.78. The zero-order valence-corrected chi connectivity index (χ0v) is 10.4. The number of hydrogen-bond donors (Lipinski definition) is 1. The average Bonchev–Trinajstić information content (AvgIpc) is 2.66. The minimum absolute atomic E-state index is 0.133. The normalized spacial score (nSPS) is 13.3. The van der Waals surface area contributed by atoms with Crippen LogP contribution in [0.1, 0.15) is 24.5 Å². The molecular formula is C12H22N2O2. The standard InChI is InChI=1S/C12H22N2O2/c1-4-15-8-7-14(3)11(9-13)12-6-5-10(2)16-12/h5-6,11H,4,7-9,13H2,1-3H3. The van der Waals surface area contributed by atoms with E-state index in [4.69, 9.17) is 14.9 Å². The predicted octanol–water partition coefficient (Wildman–Crippen LogP) is 1.56. The summed E-state index contributed by atoms with van der Waals surface area (Å²) in [5.74, 6) is 1.85. The second-order valence-electron chi connectivity index (χ2n) is 3.88. The molecule has 0 aliphatic rings. The number of hydrogen-bond acceptors (Lipinski definition) is 4. The molecule has 1 unspecified atom stereocenters. The summed E-state index contributed by atoms with van der Waals surface area (Å²) in [6.07, 6.45) is 0. The first kappa shape index (κ1) is 13.2. The molecule has 1 atom stereocenters. The topological polar surface area (TPSA) is 51.6 Å². The van der Waals surface area contributed by atoms with Crippen LogP contribution in [-0.4, -0.2) is 38.3 Å². The summed E-state index contributed by atoms with van der Waals surface area (Å²) in [5, 5.41) is 0. The van der Waals surface area contributed by atoms with Crippen LogP contribution in [0.15, 0.2) is 16.5 Å². The largest absolute Gasteiger partial charge is 0.465 e. The second kappa shape index (κ2) is 6.68. The molecule has 1 aromatic heterocycles. The van der Waals surface area contributed by atoms with E-state index in [1.165, 1.54) is 0 Å². The fraction of sp³-hybridized carbons (Fsp3) is 0.667. The van der Waals surface area contributed by atoms with Gasteiger partial charge in [0.15, 0.2) is 0 Å².